The fourth-order valence-electron chi connectivity index (χ4n) is 2.91. The summed E-state index contributed by atoms with van der Waals surface area (Å²) in [4.78, 5) is 4.64. The summed E-state index contributed by atoms with van der Waals surface area (Å²) in [6, 6.07) is 5.78. The van der Waals surface area contributed by atoms with Crippen LogP contribution in [0.5, 0.6) is 0 Å². The summed E-state index contributed by atoms with van der Waals surface area (Å²) in [6.07, 6.45) is 3.35. The van der Waals surface area contributed by atoms with E-state index in [2.05, 4.69) is 9.55 Å². The van der Waals surface area contributed by atoms with Crippen molar-refractivity contribution in [3.05, 3.63) is 29.0 Å². The van der Waals surface area contributed by atoms with Crippen molar-refractivity contribution in [3.63, 3.8) is 0 Å². The van der Waals surface area contributed by atoms with Gasteiger partial charge in [0.25, 0.3) is 0 Å². The Balaban J connectivity index is 2.13. The second-order valence-corrected chi connectivity index (χ2v) is 6.58. The monoisotopic (exact) mass is 312 g/mol. The number of halogens is 2. The van der Waals surface area contributed by atoms with Gasteiger partial charge in [0.15, 0.2) is 0 Å². The fraction of sp³-hybridized carbons (Fsp3) is 0.533. The maximum Gasteiger partial charge on any atom is 0.127 e. The number of fused-ring (bicyclic) bond motifs is 1. The van der Waals surface area contributed by atoms with Crippen LogP contribution in [-0.2, 0) is 11.3 Å². The van der Waals surface area contributed by atoms with Crippen molar-refractivity contribution in [2.24, 2.45) is 0 Å². The Morgan fingerprint density at radius 3 is 2.75 bits per heavy atom. The molecule has 5 heteroatoms. The van der Waals surface area contributed by atoms with Crippen LogP contribution in [0.25, 0.3) is 11.0 Å². The van der Waals surface area contributed by atoms with Gasteiger partial charge in [0.2, 0.25) is 0 Å². The smallest absolute Gasteiger partial charge is 0.127 e. The SMILES string of the molecule is COC1(Cn2c(C(C)Cl)nc3cccc(Cl)c32)CCC1. The first-order chi connectivity index (χ1) is 9.56. The molecule has 1 fully saturated rings. The molecule has 1 aromatic heterocycles. The molecule has 2 aromatic rings. The highest BCUT2D eigenvalue weighted by molar-refractivity contribution is 6.35. The van der Waals surface area contributed by atoms with Gasteiger partial charge < -0.3 is 9.30 Å². The summed E-state index contributed by atoms with van der Waals surface area (Å²) in [7, 11) is 1.78. The maximum atomic E-state index is 6.37. The summed E-state index contributed by atoms with van der Waals surface area (Å²) in [6.45, 7) is 2.70. The van der Waals surface area contributed by atoms with Crippen LogP contribution >= 0.6 is 23.2 Å². The molecular weight excluding hydrogens is 295 g/mol. The molecule has 0 aliphatic heterocycles. The third kappa shape index (κ3) is 2.22. The molecule has 0 spiro atoms. The molecule has 0 radical (unpaired) electrons. The van der Waals surface area contributed by atoms with E-state index >= 15 is 0 Å². The highest BCUT2D eigenvalue weighted by Gasteiger charge is 2.38. The summed E-state index contributed by atoms with van der Waals surface area (Å²) in [5, 5.41) is 0.552. The standard InChI is InChI=1S/C15H18Cl2N2O/c1-10(16)14-18-12-6-3-5-11(17)13(12)19(14)9-15(20-2)7-4-8-15/h3,5-6,10H,4,7-9H2,1-2H3. The Morgan fingerprint density at radius 1 is 1.45 bits per heavy atom. The molecule has 0 bridgehead atoms. The second-order valence-electron chi connectivity index (χ2n) is 5.52. The van der Waals surface area contributed by atoms with Crippen molar-refractivity contribution in [1.82, 2.24) is 9.55 Å². The number of hydrogen-bond donors (Lipinski definition) is 0. The van der Waals surface area contributed by atoms with E-state index in [-0.39, 0.29) is 11.0 Å². The topological polar surface area (TPSA) is 27.1 Å². The number of rotatable bonds is 4. The minimum Gasteiger partial charge on any atom is -0.376 e. The highest BCUT2D eigenvalue weighted by Crippen LogP contribution is 2.39. The lowest BCUT2D eigenvalue weighted by Crippen LogP contribution is -2.43. The van der Waals surface area contributed by atoms with E-state index in [1.165, 1.54) is 6.42 Å². The van der Waals surface area contributed by atoms with E-state index in [4.69, 9.17) is 27.9 Å². The predicted molar refractivity (Wildman–Crippen MR) is 82.6 cm³/mol. The largest absolute Gasteiger partial charge is 0.376 e. The molecule has 1 atom stereocenters. The third-order valence-corrected chi connectivity index (χ3v) is 4.75. The van der Waals surface area contributed by atoms with Gasteiger partial charge in [0.05, 0.1) is 33.6 Å². The lowest BCUT2D eigenvalue weighted by molar-refractivity contribution is -0.0832. The van der Waals surface area contributed by atoms with E-state index < -0.39 is 0 Å². The first kappa shape index (κ1) is 14.2. The molecule has 3 rings (SSSR count). The minimum absolute atomic E-state index is 0.0900. The van der Waals surface area contributed by atoms with Crippen LogP contribution < -0.4 is 0 Å². The van der Waals surface area contributed by atoms with Gasteiger partial charge in [0, 0.05) is 7.11 Å². The lowest BCUT2D eigenvalue weighted by Gasteiger charge is -2.41. The first-order valence-electron chi connectivity index (χ1n) is 6.90. The van der Waals surface area contributed by atoms with E-state index in [0.717, 1.165) is 36.2 Å². The summed E-state index contributed by atoms with van der Waals surface area (Å²) in [5.41, 5.74) is 1.76. The zero-order chi connectivity index (χ0) is 14.3. The molecule has 0 N–H and O–H groups in total. The van der Waals surface area contributed by atoms with Crippen molar-refractivity contribution in [2.45, 2.75) is 43.7 Å². The van der Waals surface area contributed by atoms with Gasteiger partial charge in [-0.05, 0) is 38.3 Å². The molecule has 1 aliphatic rings. The van der Waals surface area contributed by atoms with Crippen LogP contribution in [0.1, 0.15) is 37.4 Å². The molecule has 1 heterocycles. The molecule has 0 saturated heterocycles. The van der Waals surface area contributed by atoms with E-state index in [1.54, 1.807) is 7.11 Å². The average molecular weight is 313 g/mol. The number of benzene rings is 1. The van der Waals surface area contributed by atoms with Gasteiger partial charge in [-0.15, -0.1) is 11.6 Å². The first-order valence-corrected chi connectivity index (χ1v) is 7.72. The Kier molecular flexibility index (Phi) is 3.69. The number of hydrogen-bond acceptors (Lipinski definition) is 2. The summed E-state index contributed by atoms with van der Waals surface area (Å²) < 4.78 is 7.87. The summed E-state index contributed by atoms with van der Waals surface area (Å²) in [5.74, 6) is 0.859. The Hall–Kier alpha value is -0.770. The number of methoxy groups -OCH3 is 1. The Morgan fingerprint density at radius 2 is 2.20 bits per heavy atom. The number of nitrogens with zero attached hydrogens (tertiary/aromatic N) is 2. The normalized spacial score (nSPS) is 19.0. The van der Waals surface area contributed by atoms with Crippen LogP contribution in [0.4, 0.5) is 0 Å². The number of imidazole rings is 1. The quantitative estimate of drug-likeness (QED) is 0.774. The van der Waals surface area contributed by atoms with Crippen LogP contribution in [0.3, 0.4) is 0 Å². The van der Waals surface area contributed by atoms with E-state index in [1.807, 2.05) is 25.1 Å². The van der Waals surface area contributed by atoms with Crippen LogP contribution in [0.15, 0.2) is 18.2 Å². The lowest BCUT2D eigenvalue weighted by atomic mass is 9.80. The number of alkyl halides is 1. The van der Waals surface area contributed by atoms with Crippen LogP contribution in [0.2, 0.25) is 5.02 Å². The number of para-hydroxylation sites is 1. The molecule has 1 saturated carbocycles. The zero-order valence-electron chi connectivity index (χ0n) is 11.7. The van der Waals surface area contributed by atoms with Gasteiger partial charge in [-0.2, -0.15) is 0 Å². The molecule has 108 valence electrons. The highest BCUT2D eigenvalue weighted by atomic mass is 35.5. The fourth-order valence-corrected chi connectivity index (χ4v) is 3.35. The van der Waals surface area contributed by atoms with Crippen molar-refractivity contribution in [3.8, 4) is 0 Å². The van der Waals surface area contributed by atoms with Gasteiger partial charge in [-0.1, -0.05) is 17.7 Å². The molecule has 3 nitrogen and oxygen atoms in total. The van der Waals surface area contributed by atoms with Crippen molar-refractivity contribution >= 4 is 34.2 Å². The van der Waals surface area contributed by atoms with Crippen molar-refractivity contribution in [1.29, 1.82) is 0 Å². The molecule has 0 amide bonds. The Bertz CT molecular complexity index is 627. The maximum absolute atomic E-state index is 6.37. The second kappa shape index (κ2) is 5.21. The summed E-state index contributed by atoms with van der Waals surface area (Å²) >= 11 is 12.7. The number of ether oxygens (including phenoxy) is 1. The molecule has 1 aromatic carbocycles. The average Bonchev–Trinajstić information content (AvgIpc) is 2.74. The minimum atomic E-state index is -0.160. The zero-order valence-corrected chi connectivity index (χ0v) is 13.2. The Labute approximate surface area is 128 Å². The molecule has 1 unspecified atom stereocenters. The van der Waals surface area contributed by atoms with Gasteiger partial charge in [-0.25, -0.2) is 4.98 Å². The van der Waals surface area contributed by atoms with Crippen molar-refractivity contribution in [2.75, 3.05) is 7.11 Å². The van der Waals surface area contributed by atoms with Crippen LogP contribution in [0, 0.1) is 0 Å². The van der Waals surface area contributed by atoms with Crippen molar-refractivity contribution < 1.29 is 4.74 Å². The molecule has 1 aliphatic carbocycles. The van der Waals surface area contributed by atoms with Gasteiger partial charge >= 0.3 is 0 Å². The molecular formula is C15H18Cl2N2O. The van der Waals surface area contributed by atoms with E-state index in [0.29, 0.717) is 5.02 Å². The van der Waals surface area contributed by atoms with Gasteiger partial charge in [-0.3, -0.25) is 0 Å². The van der Waals surface area contributed by atoms with E-state index in [9.17, 15) is 0 Å². The predicted octanol–water partition coefficient (Wildman–Crippen LogP) is 4.56. The molecule has 20 heavy (non-hydrogen) atoms. The third-order valence-electron chi connectivity index (χ3n) is 4.25. The van der Waals surface area contributed by atoms with Gasteiger partial charge in [0.1, 0.15) is 5.82 Å². The van der Waals surface area contributed by atoms with Crippen LogP contribution in [-0.4, -0.2) is 22.3 Å². The number of aromatic nitrogens is 2.